The van der Waals surface area contributed by atoms with Crippen LogP contribution in [0.4, 0.5) is 5.69 Å². The number of nitrogens with one attached hydrogen (secondary N) is 2. The van der Waals surface area contributed by atoms with E-state index < -0.39 is 0 Å². The molecule has 1 saturated heterocycles. The van der Waals surface area contributed by atoms with Gasteiger partial charge in [-0.25, -0.2) is 0 Å². The minimum Gasteiger partial charge on any atom is -0.322 e. The van der Waals surface area contributed by atoms with E-state index in [4.69, 9.17) is 0 Å². The van der Waals surface area contributed by atoms with Crippen LogP contribution in [0.25, 0.3) is 0 Å². The van der Waals surface area contributed by atoms with Crippen LogP contribution < -0.4 is 9.80 Å². The highest BCUT2D eigenvalue weighted by Crippen LogP contribution is 2.11. The van der Waals surface area contributed by atoms with E-state index in [9.17, 15) is 10.1 Å². The van der Waals surface area contributed by atoms with E-state index in [1.54, 1.807) is 21.9 Å². The minimum atomic E-state index is -0.346. The number of halogens is 1. The van der Waals surface area contributed by atoms with Crippen LogP contribution in [0.1, 0.15) is 11.1 Å². The number of nitro groups is 1. The highest BCUT2D eigenvalue weighted by molar-refractivity contribution is 9.10. The number of nitro benzene ring substituents is 1. The number of benzene rings is 2. The lowest BCUT2D eigenvalue weighted by Gasteiger charge is -2.29. The van der Waals surface area contributed by atoms with Crippen LogP contribution >= 0.6 is 15.9 Å². The van der Waals surface area contributed by atoms with E-state index in [-0.39, 0.29) is 10.6 Å². The molecular formula is C18H22BrN3O2+2. The topological polar surface area (TPSA) is 52.0 Å². The van der Waals surface area contributed by atoms with Crippen molar-refractivity contribution in [2.45, 2.75) is 13.1 Å². The second kappa shape index (κ2) is 7.88. The quantitative estimate of drug-likeness (QED) is 0.586. The third-order valence-corrected chi connectivity index (χ3v) is 5.16. The summed E-state index contributed by atoms with van der Waals surface area (Å²) in [6, 6.07) is 15.5. The van der Waals surface area contributed by atoms with Gasteiger partial charge in [0.15, 0.2) is 0 Å². The SMILES string of the molecule is O=[N+]([O-])c1ccc(C[NH+]2CC[NH+](Cc3ccc(Br)cc3)CC2)cc1. The van der Waals surface area contributed by atoms with Crippen LogP contribution in [0.2, 0.25) is 0 Å². The smallest absolute Gasteiger partial charge is 0.269 e. The largest absolute Gasteiger partial charge is 0.322 e. The van der Waals surface area contributed by atoms with E-state index in [1.165, 1.54) is 24.2 Å². The van der Waals surface area contributed by atoms with Gasteiger partial charge in [-0.3, -0.25) is 10.1 Å². The first kappa shape index (κ1) is 17.1. The number of piperazine rings is 1. The van der Waals surface area contributed by atoms with Crippen LogP contribution in [0.5, 0.6) is 0 Å². The maximum atomic E-state index is 10.7. The lowest BCUT2D eigenvalue weighted by Crippen LogP contribution is -3.27. The molecule has 0 amide bonds. The molecule has 126 valence electrons. The molecule has 0 unspecified atom stereocenters. The molecule has 1 aliphatic rings. The Balaban J connectivity index is 1.48. The Morgan fingerprint density at radius 2 is 1.25 bits per heavy atom. The molecular weight excluding hydrogens is 370 g/mol. The Morgan fingerprint density at radius 3 is 1.67 bits per heavy atom. The number of non-ortho nitro benzene ring substituents is 1. The predicted octanol–water partition coefficient (Wildman–Crippen LogP) is 0.841. The Bertz CT molecular complexity index is 680. The fraction of sp³-hybridized carbons (Fsp3) is 0.333. The van der Waals surface area contributed by atoms with Crippen molar-refractivity contribution in [3.63, 3.8) is 0 Å². The summed E-state index contributed by atoms with van der Waals surface area (Å²) in [5.74, 6) is 0. The lowest BCUT2D eigenvalue weighted by molar-refractivity contribution is -1.02. The molecule has 24 heavy (non-hydrogen) atoms. The second-order valence-electron chi connectivity index (χ2n) is 6.40. The summed E-state index contributed by atoms with van der Waals surface area (Å²) in [5, 5.41) is 10.7. The van der Waals surface area contributed by atoms with Gasteiger partial charge in [0, 0.05) is 27.7 Å². The maximum absolute atomic E-state index is 10.7. The van der Waals surface area contributed by atoms with Crippen molar-refractivity contribution in [3.8, 4) is 0 Å². The molecule has 0 atom stereocenters. The van der Waals surface area contributed by atoms with Gasteiger partial charge in [-0.05, 0) is 24.3 Å². The molecule has 6 heteroatoms. The van der Waals surface area contributed by atoms with E-state index in [0.29, 0.717) is 0 Å². The summed E-state index contributed by atoms with van der Waals surface area (Å²) >= 11 is 3.47. The summed E-state index contributed by atoms with van der Waals surface area (Å²) in [5.41, 5.74) is 2.72. The van der Waals surface area contributed by atoms with Crippen LogP contribution in [-0.2, 0) is 13.1 Å². The number of nitrogens with zero attached hydrogens (tertiary/aromatic N) is 1. The van der Waals surface area contributed by atoms with Crippen molar-refractivity contribution in [3.05, 3.63) is 74.2 Å². The van der Waals surface area contributed by atoms with Crippen molar-refractivity contribution in [2.24, 2.45) is 0 Å². The average molecular weight is 392 g/mol. The Labute approximate surface area is 150 Å². The first-order valence-corrected chi connectivity index (χ1v) is 9.04. The fourth-order valence-electron chi connectivity index (χ4n) is 3.23. The second-order valence-corrected chi connectivity index (χ2v) is 7.32. The van der Waals surface area contributed by atoms with Crippen molar-refractivity contribution in [1.29, 1.82) is 0 Å². The van der Waals surface area contributed by atoms with Gasteiger partial charge in [0.25, 0.3) is 5.69 Å². The van der Waals surface area contributed by atoms with Crippen LogP contribution in [-0.4, -0.2) is 31.1 Å². The summed E-state index contributed by atoms with van der Waals surface area (Å²) in [6.07, 6.45) is 0. The van der Waals surface area contributed by atoms with E-state index in [0.717, 1.165) is 30.7 Å². The van der Waals surface area contributed by atoms with E-state index in [1.807, 2.05) is 12.1 Å². The lowest BCUT2D eigenvalue weighted by atomic mass is 10.1. The predicted molar refractivity (Wildman–Crippen MR) is 96.0 cm³/mol. The minimum absolute atomic E-state index is 0.164. The van der Waals surface area contributed by atoms with Gasteiger partial charge in [-0.2, -0.15) is 0 Å². The van der Waals surface area contributed by atoms with Crippen LogP contribution in [0, 0.1) is 10.1 Å². The van der Waals surface area contributed by atoms with Crippen molar-refractivity contribution < 1.29 is 14.7 Å². The van der Waals surface area contributed by atoms with Gasteiger partial charge in [-0.15, -0.1) is 0 Å². The van der Waals surface area contributed by atoms with E-state index in [2.05, 4.69) is 40.2 Å². The van der Waals surface area contributed by atoms with E-state index >= 15 is 0 Å². The molecule has 1 aliphatic heterocycles. The van der Waals surface area contributed by atoms with Crippen molar-refractivity contribution in [1.82, 2.24) is 0 Å². The number of hydrogen-bond acceptors (Lipinski definition) is 2. The first-order valence-electron chi connectivity index (χ1n) is 8.25. The Morgan fingerprint density at radius 1 is 0.833 bits per heavy atom. The molecule has 2 aromatic carbocycles. The van der Waals surface area contributed by atoms with Crippen LogP contribution in [0.15, 0.2) is 53.0 Å². The molecule has 0 bridgehead atoms. The molecule has 0 spiro atoms. The van der Waals surface area contributed by atoms with Gasteiger partial charge >= 0.3 is 0 Å². The Kier molecular flexibility index (Phi) is 5.60. The standard InChI is InChI=1S/C18H20BrN3O2/c19-17-5-1-15(2-6-17)13-20-9-11-21(12-10-20)14-16-3-7-18(8-4-16)22(23)24/h1-8H,9-14H2/p+2. The Hall–Kier alpha value is -1.76. The maximum Gasteiger partial charge on any atom is 0.269 e. The van der Waals surface area contributed by atoms with Crippen molar-refractivity contribution >= 4 is 21.6 Å². The van der Waals surface area contributed by atoms with Gasteiger partial charge in [0.2, 0.25) is 0 Å². The zero-order valence-electron chi connectivity index (χ0n) is 13.5. The summed E-state index contributed by atoms with van der Waals surface area (Å²) in [7, 11) is 0. The molecule has 0 saturated carbocycles. The van der Waals surface area contributed by atoms with Gasteiger partial charge in [-0.1, -0.05) is 28.1 Å². The highest BCUT2D eigenvalue weighted by atomic mass is 79.9. The third kappa shape index (κ3) is 4.63. The highest BCUT2D eigenvalue weighted by Gasteiger charge is 2.23. The molecule has 1 fully saturated rings. The van der Waals surface area contributed by atoms with Gasteiger partial charge < -0.3 is 9.80 Å². The van der Waals surface area contributed by atoms with Crippen LogP contribution in [0.3, 0.4) is 0 Å². The normalized spacial score (nSPS) is 20.7. The molecule has 5 nitrogen and oxygen atoms in total. The molecule has 0 aliphatic carbocycles. The summed E-state index contributed by atoms with van der Waals surface area (Å²) in [6.45, 7) is 6.64. The molecule has 0 aromatic heterocycles. The van der Waals surface area contributed by atoms with Crippen molar-refractivity contribution in [2.75, 3.05) is 26.2 Å². The number of quaternary nitrogens is 2. The van der Waals surface area contributed by atoms with Gasteiger partial charge in [0.1, 0.15) is 39.3 Å². The zero-order chi connectivity index (χ0) is 16.9. The molecule has 1 heterocycles. The monoisotopic (exact) mass is 391 g/mol. The third-order valence-electron chi connectivity index (χ3n) is 4.63. The zero-order valence-corrected chi connectivity index (χ0v) is 15.1. The average Bonchev–Trinajstić information content (AvgIpc) is 2.59. The molecule has 0 radical (unpaired) electrons. The molecule has 3 rings (SSSR count). The number of hydrogen-bond donors (Lipinski definition) is 2. The molecule has 2 N–H and O–H groups in total. The summed E-state index contributed by atoms with van der Waals surface area (Å²) < 4.78 is 1.12. The fourth-order valence-corrected chi connectivity index (χ4v) is 3.49. The summed E-state index contributed by atoms with van der Waals surface area (Å²) in [4.78, 5) is 13.5. The van der Waals surface area contributed by atoms with Gasteiger partial charge in [0.05, 0.1) is 4.92 Å². The number of rotatable bonds is 5. The first-order chi connectivity index (χ1) is 11.6. The molecule has 2 aromatic rings.